The monoisotopic (exact) mass is 407 g/mol. The van der Waals surface area contributed by atoms with E-state index in [0.29, 0.717) is 37.4 Å². The van der Waals surface area contributed by atoms with E-state index < -0.39 is 15.8 Å². The van der Waals surface area contributed by atoms with Gasteiger partial charge in [-0.05, 0) is 41.1 Å². The Hall–Kier alpha value is -2.82. The summed E-state index contributed by atoms with van der Waals surface area (Å²) in [7, 11) is -3.30. The first kappa shape index (κ1) is 19.9. The van der Waals surface area contributed by atoms with Crippen molar-refractivity contribution in [2.45, 2.75) is 31.3 Å². The lowest BCUT2D eigenvalue weighted by atomic mass is 10.1. The van der Waals surface area contributed by atoms with Crippen molar-refractivity contribution in [3.63, 3.8) is 0 Å². The SMILES string of the molecule is CCC(=O)N1CC[C@@H](C(=O)OCc2nnnn2-c2ccc(S(C)(=O)=O)cc2)C1. The Morgan fingerprint density at radius 1 is 1.25 bits per heavy atom. The fourth-order valence-corrected chi connectivity index (χ4v) is 3.62. The van der Waals surface area contributed by atoms with E-state index in [0.717, 1.165) is 6.26 Å². The minimum atomic E-state index is -3.30. The standard InChI is InChI=1S/C17H21N5O5S/c1-3-16(23)21-9-8-12(10-21)17(24)27-11-15-18-19-20-22(15)13-4-6-14(7-5-13)28(2,25)26/h4-7,12H,3,8-11H2,1-2H3/t12-/m1/s1. The van der Waals surface area contributed by atoms with Crippen molar-refractivity contribution in [2.75, 3.05) is 19.3 Å². The second-order valence-corrected chi connectivity index (χ2v) is 8.58. The fourth-order valence-electron chi connectivity index (χ4n) is 2.99. The minimum Gasteiger partial charge on any atom is -0.457 e. The smallest absolute Gasteiger partial charge is 0.311 e. The molecule has 0 N–H and O–H groups in total. The summed E-state index contributed by atoms with van der Waals surface area (Å²) in [6.45, 7) is 2.58. The molecule has 2 aromatic rings. The Bertz CT molecular complexity index is 970. The van der Waals surface area contributed by atoms with E-state index >= 15 is 0 Å². The van der Waals surface area contributed by atoms with Crippen LogP contribution in [0.2, 0.25) is 0 Å². The first-order valence-electron chi connectivity index (χ1n) is 8.81. The van der Waals surface area contributed by atoms with Gasteiger partial charge in [-0.15, -0.1) is 5.10 Å². The van der Waals surface area contributed by atoms with Crippen LogP contribution in [0.25, 0.3) is 5.69 Å². The highest BCUT2D eigenvalue weighted by Gasteiger charge is 2.31. The maximum atomic E-state index is 12.3. The van der Waals surface area contributed by atoms with Gasteiger partial charge in [-0.2, -0.15) is 4.68 Å². The van der Waals surface area contributed by atoms with Gasteiger partial charge in [0.2, 0.25) is 5.91 Å². The first-order chi connectivity index (χ1) is 13.3. The quantitative estimate of drug-likeness (QED) is 0.629. The second kappa shape index (κ2) is 8.05. The number of carbonyl (C=O) groups excluding carboxylic acids is 2. The number of likely N-dealkylation sites (tertiary alicyclic amines) is 1. The Morgan fingerprint density at radius 3 is 2.61 bits per heavy atom. The summed E-state index contributed by atoms with van der Waals surface area (Å²) >= 11 is 0. The predicted molar refractivity (Wildman–Crippen MR) is 97.0 cm³/mol. The van der Waals surface area contributed by atoms with Crippen molar-refractivity contribution in [3.05, 3.63) is 30.1 Å². The molecule has 11 heteroatoms. The number of benzene rings is 1. The molecule has 0 spiro atoms. The van der Waals surface area contributed by atoms with Crippen LogP contribution in [0, 0.1) is 5.92 Å². The maximum Gasteiger partial charge on any atom is 0.311 e. The third kappa shape index (κ3) is 4.35. The molecule has 1 saturated heterocycles. The fraction of sp³-hybridized carbons (Fsp3) is 0.471. The molecule has 1 amide bonds. The van der Waals surface area contributed by atoms with E-state index in [1.165, 1.54) is 16.8 Å². The van der Waals surface area contributed by atoms with E-state index in [1.807, 2.05) is 0 Å². The van der Waals surface area contributed by atoms with Gasteiger partial charge in [0.25, 0.3) is 0 Å². The predicted octanol–water partition coefficient (Wildman–Crippen LogP) is 0.368. The van der Waals surface area contributed by atoms with E-state index in [2.05, 4.69) is 15.5 Å². The lowest BCUT2D eigenvalue weighted by Gasteiger charge is -2.15. The number of rotatable bonds is 6. The molecule has 1 aromatic heterocycles. The van der Waals surface area contributed by atoms with Gasteiger partial charge >= 0.3 is 5.97 Å². The maximum absolute atomic E-state index is 12.3. The zero-order valence-electron chi connectivity index (χ0n) is 15.6. The van der Waals surface area contributed by atoms with Crippen molar-refractivity contribution >= 4 is 21.7 Å². The molecule has 0 saturated carbocycles. The molecule has 1 atom stereocenters. The molecule has 28 heavy (non-hydrogen) atoms. The van der Waals surface area contributed by atoms with Gasteiger partial charge in [0, 0.05) is 25.8 Å². The lowest BCUT2D eigenvalue weighted by Crippen LogP contribution is -2.29. The number of hydrogen-bond acceptors (Lipinski definition) is 8. The van der Waals surface area contributed by atoms with E-state index in [-0.39, 0.29) is 23.3 Å². The van der Waals surface area contributed by atoms with Crippen LogP contribution in [-0.2, 0) is 30.8 Å². The van der Waals surface area contributed by atoms with Gasteiger partial charge in [-0.3, -0.25) is 9.59 Å². The van der Waals surface area contributed by atoms with Gasteiger partial charge < -0.3 is 9.64 Å². The van der Waals surface area contributed by atoms with Gasteiger partial charge in [0.1, 0.15) is 0 Å². The van der Waals surface area contributed by atoms with Crippen LogP contribution in [0.15, 0.2) is 29.2 Å². The van der Waals surface area contributed by atoms with Crippen LogP contribution in [0.4, 0.5) is 0 Å². The zero-order valence-corrected chi connectivity index (χ0v) is 16.4. The minimum absolute atomic E-state index is 0.0248. The average Bonchev–Trinajstić information content (AvgIpc) is 3.34. The van der Waals surface area contributed by atoms with Gasteiger partial charge in [-0.1, -0.05) is 6.92 Å². The van der Waals surface area contributed by atoms with Crippen LogP contribution >= 0.6 is 0 Å². The van der Waals surface area contributed by atoms with Crippen molar-refractivity contribution < 1.29 is 22.7 Å². The number of carbonyl (C=O) groups is 2. The highest BCUT2D eigenvalue weighted by atomic mass is 32.2. The van der Waals surface area contributed by atoms with Crippen molar-refractivity contribution in [3.8, 4) is 5.69 Å². The van der Waals surface area contributed by atoms with E-state index in [9.17, 15) is 18.0 Å². The number of nitrogens with zero attached hydrogens (tertiary/aromatic N) is 5. The number of ether oxygens (including phenoxy) is 1. The molecule has 150 valence electrons. The summed E-state index contributed by atoms with van der Waals surface area (Å²) in [6.07, 6.45) is 2.11. The van der Waals surface area contributed by atoms with Gasteiger partial charge in [0.15, 0.2) is 22.3 Å². The number of hydrogen-bond donors (Lipinski definition) is 0. The molecule has 3 rings (SSSR count). The molecule has 1 aromatic carbocycles. The summed E-state index contributed by atoms with van der Waals surface area (Å²) in [6, 6.07) is 6.06. The Morgan fingerprint density at radius 2 is 1.96 bits per heavy atom. The lowest BCUT2D eigenvalue weighted by molar-refractivity contribution is -0.149. The number of sulfone groups is 1. The average molecular weight is 407 g/mol. The van der Waals surface area contributed by atoms with Crippen LogP contribution in [0.5, 0.6) is 0 Å². The molecule has 1 aliphatic heterocycles. The molecular formula is C17H21N5O5S. The van der Waals surface area contributed by atoms with Gasteiger partial charge in [-0.25, -0.2) is 8.42 Å². The number of esters is 1. The third-order valence-corrected chi connectivity index (χ3v) is 5.69. The Labute approximate surface area is 162 Å². The van der Waals surface area contributed by atoms with Crippen molar-refractivity contribution in [1.82, 2.24) is 25.1 Å². The van der Waals surface area contributed by atoms with Crippen LogP contribution in [0.3, 0.4) is 0 Å². The number of tetrazole rings is 1. The largest absolute Gasteiger partial charge is 0.457 e. The summed E-state index contributed by atoms with van der Waals surface area (Å²) < 4.78 is 29.8. The van der Waals surface area contributed by atoms with Crippen molar-refractivity contribution in [1.29, 1.82) is 0 Å². The highest BCUT2D eigenvalue weighted by Crippen LogP contribution is 2.19. The second-order valence-electron chi connectivity index (χ2n) is 6.56. The zero-order chi connectivity index (χ0) is 20.3. The highest BCUT2D eigenvalue weighted by molar-refractivity contribution is 7.90. The van der Waals surface area contributed by atoms with Gasteiger partial charge in [0.05, 0.1) is 16.5 Å². The van der Waals surface area contributed by atoms with E-state index in [4.69, 9.17) is 4.74 Å². The molecule has 0 unspecified atom stereocenters. The summed E-state index contributed by atoms with van der Waals surface area (Å²) in [4.78, 5) is 25.9. The molecule has 2 heterocycles. The van der Waals surface area contributed by atoms with Crippen LogP contribution in [-0.4, -0.2) is 64.7 Å². The molecule has 0 radical (unpaired) electrons. The molecule has 0 aliphatic carbocycles. The summed E-state index contributed by atoms with van der Waals surface area (Å²) in [5, 5.41) is 11.3. The normalized spacial score (nSPS) is 16.9. The Balaban J connectivity index is 1.63. The summed E-state index contributed by atoms with van der Waals surface area (Å²) in [5.41, 5.74) is 0.545. The van der Waals surface area contributed by atoms with E-state index in [1.54, 1.807) is 24.0 Å². The van der Waals surface area contributed by atoms with Crippen molar-refractivity contribution in [2.24, 2.45) is 5.92 Å². The number of amides is 1. The molecule has 1 aliphatic rings. The molecule has 1 fully saturated rings. The van der Waals surface area contributed by atoms with Crippen LogP contribution in [0.1, 0.15) is 25.6 Å². The molecular weight excluding hydrogens is 386 g/mol. The topological polar surface area (TPSA) is 124 Å². The van der Waals surface area contributed by atoms with Crippen LogP contribution < -0.4 is 0 Å². The number of aromatic nitrogens is 4. The summed E-state index contributed by atoms with van der Waals surface area (Å²) in [5.74, 6) is -0.418. The molecule has 0 bridgehead atoms. The Kier molecular flexibility index (Phi) is 5.73. The molecule has 10 nitrogen and oxygen atoms in total. The third-order valence-electron chi connectivity index (χ3n) is 4.56. The first-order valence-corrected chi connectivity index (χ1v) is 10.7.